The maximum atomic E-state index is 12.8. The van der Waals surface area contributed by atoms with E-state index in [0.717, 1.165) is 50.9 Å². The van der Waals surface area contributed by atoms with Crippen LogP contribution in [0.1, 0.15) is 70.3 Å². The molecule has 0 amide bonds. The molecule has 44 heavy (non-hydrogen) atoms. The fourth-order valence-electron chi connectivity index (χ4n) is 5.46. The summed E-state index contributed by atoms with van der Waals surface area (Å²) >= 11 is 0. The zero-order valence-electron chi connectivity index (χ0n) is 23.8. The van der Waals surface area contributed by atoms with Crippen LogP contribution in [0.2, 0.25) is 0 Å². The Morgan fingerprint density at radius 1 is 0.841 bits per heavy atom. The Balaban J connectivity index is 0.000000317. The molecule has 3 aliphatic rings. The third-order valence-corrected chi connectivity index (χ3v) is 7.66. The average Bonchev–Trinajstić information content (AvgIpc) is 3.14. The first-order chi connectivity index (χ1) is 20.6. The van der Waals surface area contributed by atoms with Gasteiger partial charge in [0.05, 0.1) is 5.54 Å². The summed E-state index contributed by atoms with van der Waals surface area (Å²) in [5, 5.41) is 21.4. The van der Waals surface area contributed by atoms with Crippen molar-refractivity contribution >= 4 is 23.8 Å². The number of hydrogen-bond donors (Lipinski definition) is 4. The average molecular weight is 629 g/mol. The molecule has 1 atom stereocenters. The van der Waals surface area contributed by atoms with Crippen LogP contribution in [-0.4, -0.2) is 59.9 Å². The summed E-state index contributed by atoms with van der Waals surface area (Å²) in [5.74, 6) is -5.23. The van der Waals surface area contributed by atoms with Crippen LogP contribution in [0.4, 0.5) is 26.3 Å². The number of carbonyl (C=O) groups excluding carboxylic acids is 1. The highest BCUT2D eigenvalue weighted by molar-refractivity contribution is 5.96. The Labute approximate surface area is 250 Å². The highest BCUT2D eigenvalue weighted by atomic mass is 19.4. The predicted octanol–water partition coefficient (Wildman–Crippen LogP) is 5.84. The Hall–Kier alpha value is -3.71. The summed E-state index contributed by atoms with van der Waals surface area (Å²) in [6.07, 6.45) is 2.83. The van der Waals surface area contributed by atoms with Gasteiger partial charge in [-0.1, -0.05) is 42.5 Å². The van der Waals surface area contributed by atoms with E-state index in [0.29, 0.717) is 6.42 Å². The number of fused-ring (bicyclic) bond motifs is 3. The molecule has 1 fully saturated rings. The summed E-state index contributed by atoms with van der Waals surface area (Å²) in [4.78, 5) is 30.6. The van der Waals surface area contributed by atoms with Crippen LogP contribution in [0.25, 0.3) is 6.08 Å². The smallest absolute Gasteiger partial charge is 0.475 e. The third kappa shape index (κ3) is 9.39. The molecule has 2 aromatic carbocycles. The van der Waals surface area contributed by atoms with E-state index in [1.807, 2.05) is 6.07 Å². The topological polar surface area (TPSA) is 116 Å². The van der Waals surface area contributed by atoms with Gasteiger partial charge in [-0.25, -0.2) is 9.59 Å². The summed E-state index contributed by atoms with van der Waals surface area (Å²) < 4.78 is 63.5. The molecule has 1 unspecified atom stereocenters. The highest BCUT2D eigenvalue weighted by Gasteiger charge is 2.39. The van der Waals surface area contributed by atoms with E-state index in [-0.39, 0.29) is 11.3 Å². The van der Waals surface area contributed by atoms with E-state index in [2.05, 4.69) is 53.1 Å². The number of nitrogens with one attached hydrogen (secondary N) is 2. The van der Waals surface area contributed by atoms with Gasteiger partial charge in [-0.15, -0.1) is 0 Å². The Morgan fingerprint density at radius 3 is 2.07 bits per heavy atom. The molecule has 5 rings (SSSR count). The number of halogens is 6. The highest BCUT2D eigenvalue weighted by Crippen LogP contribution is 2.41. The molecule has 7 nitrogen and oxygen atoms in total. The molecular formula is C31H34F6N2O5. The van der Waals surface area contributed by atoms with E-state index in [1.165, 1.54) is 47.1 Å². The van der Waals surface area contributed by atoms with Gasteiger partial charge in [-0.2, -0.15) is 26.3 Å². The summed E-state index contributed by atoms with van der Waals surface area (Å²) in [6, 6.07) is 13.1. The number of aliphatic carboxylic acids is 2. The molecule has 1 saturated heterocycles. The van der Waals surface area contributed by atoms with Gasteiger partial charge in [0.15, 0.2) is 5.78 Å². The number of carboxylic acids is 2. The van der Waals surface area contributed by atoms with Crippen LogP contribution < -0.4 is 10.6 Å². The number of ketones is 1. The first-order valence-electron chi connectivity index (χ1n) is 14.2. The maximum absolute atomic E-state index is 12.8. The Bertz CT molecular complexity index is 1340. The molecule has 0 saturated carbocycles. The van der Waals surface area contributed by atoms with Gasteiger partial charge in [0.1, 0.15) is 0 Å². The lowest BCUT2D eigenvalue weighted by Gasteiger charge is -2.35. The molecule has 2 aliphatic heterocycles. The number of benzene rings is 2. The van der Waals surface area contributed by atoms with E-state index in [9.17, 15) is 31.1 Å². The molecule has 0 aromatic heterocycles. The minimum absolute atomic E-state index is 0.0517. The van der Waals surface area contributed by atoms with Crippen LogP contribution in [0, 0.1) is 0 Å². The second-order valence-electron chi connectivity index (χ2n) is 10.7. The van der Waals surface area contributed by atoms with Crippen LogP contribution >= 0.6 is 0 Å². The quantitative estimate of drug-likeness (QED) is 0.243. The number of aryl methyl sites for hydroxylation is 1. The van der Waals surface area contributed by atoms with Crippen molar-refractivity contribution in [1.82, 2.24) is 10.6 Å². The van der Waals surface area contributed by atoms with E-state index >= 15 is 0 Å². The van der Waals surface area contributed by atoms with Gasteiger partial charge in [0, 0.05) is 12.0 Å². The third-order valence-electron chi connectivity index (χ3n) is 7.66. The van der Waals surface area contributed by atoms with Crippen molar-refractivity contribution in [1.29, 1.82) is 0 Å². The second kappa shape index (κ2) is 14.8. The maximum Gasteiger partial charge on any atom is 0.490 e. The van der Waals surface area contributed by atoms with Crippen molar-refractivity contribution in [3.05, 3.63) is 75.9 Å². The number of hydrogen-bond acceptors (Lipinski definition) is 5. The Morgan fingerprint density at radius 2 is 1.48 bits per heavy atom. The predicted molar refractivity (Wildman–Crippen MR) is 150 cm³/mol. The summed E-state index contributed by atoms with van der Waals surface area (Å²) in [7, 11) is 0. The van der Waals surface area contributed by atoms with Crippen LogP contribution in [0.5, 0.6) is 0 Å². The lowest BCUT2D eigenvalue weighted by atomic mass is 9.83. The van der Waals surface area contributed by atoms with E-state index in [4.69, 9.17) is 19.8 Å². The number of piperidine rings is 1. The van der Waals surface area contributed by atoms with Crippen LogP contribution in [0.3, 0.4) is 0 Å². The lowest BCUT2D eigenvalue weighted by molar-refractivity contribution is -0.193. The van der Waals surface area contributed by atoms with Gasteiger partial charge < -0.3 is 20.8 Å². The monoisotopic (exact) mass is 628 g/mol. The second-order valence-corrected chi connectivity index (χ2v) is 10.7. The number of rotatable bonds is 5. The van der Waals surface area contributed by atoms with E-state index < -0.39 is 24.3 Å². The molecule has 0 radical (unpaired) electrons. The molecule has 2 aromatic rings. The number of Topliss-reactive ketones (excluding diaryl/α,β-unsaturated/α-hetero) is 1. The van der Waals surface area contributed by atoms with Gasteiger partial charge >= 0.3 is 24.3 Å². The zero-order chi connectivity index (χ0) is 32.5. The molecule has 13 heteroatoms. The van der Waals surface area contributed by atoms with Gasteiger partial charge in [0.2, 0.25) is 0 Å². The fourth-order valence-corrected chi connectivity index (χ4v) is 5.46. The number of alkyl halides is 6. The summed E-state index contributed by atoms with van der Waals surface area (Å²) in [6.45, 7) is 3.14. The van der Waals surface area contributed by atoms with E-state index in [1.54, 1.807) is 0 Å². The molecule has 0 bridgehead atoms. The molecular weight excluding hydrogens is 594 g/mol. The standard InChI is InChI=1S/C27H32N2O.2C2HF3O2/c30-26(23-10-9-20-12-17-28-18-13-22(20)19-23)8-4-6-21-5-3-7-25-24(21)11-15-27(25)14-1-2-16-29-27;2*3-2(4,5)1(6)7/h3,5,7,9-11,15,19,28-29H,1-2,4,6,8,12-14,16-18H2;2*(H,6,7). The first kappa shape index (κ1) is 34.8. The molecule has 4 N–H and O–H groups in total. The van der Waals surface area contributed by atoms with Crippen molar-refractivity contribution in [3.63, 3.8) is 0 Å². The van der Waals surface area contributed by atoms with Crippen LogP contribution in [-0.2, 0) is 34.4 Å². The lowest BCUT2D eigenvalue weighted by Crippen LogP contribution is -2.43. The number of carbonyl (C=O) groups is 3. The Kier molecular flexibility index (Phi) is 11.7. The fraction of sp³-hybridized carbons (Fsp3) is 0.452. The first-order valence-corrected chi connectivity index (χ1v) is 14.2. The molecule has 1 spiro atoms. The van der Waals surface area contributed by atoms with Crippen LogP contribution in [0.15, 0.2) is 42.5 Å². The SMILES string of the molecule is O=C(CCCc1cccc2c1C=CC21CCCCN1)c1ccc2c(c1)CCNCC2.O=C(O)C(F)(F)F.O=C(O)C(F)(F)F. The molecule has 2 heterocycles. The van der Waals surface area contributed by atoms with Crippen molar-refractivity contribution < 1.29 is 50.9 Å². The largest absolute Gasteiger partial charge is 0.490 e. The van der Waals surface area contributed by atoms with Gasteiger partial charge in [-0.05, 0) is 98.5 Å². The zero-order valence-corrected chi connectivity index (χ0v) is 23.8. The van der Waals surface area contributed by atoms with Crippen molar-refractivity contribution in [2.45, 2.75) is 69.3 Å². The van der Waals surface area contributed by atoms with Gasteiger partial charge in [0.25, 0.3) is 0 Å². The summed E-state index contributed by atoms with van der Waals surface area (Å²) in [5.41, 5.74) is 7.89. The normalized spacial score (nSPS) is 19.0. The van der Waals surface area contributed by atoms with Crippen molar-refractivity contribution in [2.24, 2.45) is 0 Å². The van der Waals surface area contributed by atoms with Crippen molar-refractivity contribution in [3.8, 4) is 0 Å². The van der Waals surface area contributed by atoms with Gasteiger partial charge in [-0.3, -0.25) is 4.79 Å². The minimum Gasteiger partial charge on any atom is -0.475 e. The minimum atomic E-state index is -5.08. The number of carboxylic acid groups (broad SMARTS) is 2. The molecule has 240 valence electrons. The molecule has 1 aliphatic carbocycles. The van der Waals surface area contributed by atoms with Crippen molar-refractivity contribution in [2.75, 3.05) is 19.6 Å².